The van der Waals surface area contributed by atoms with E-state index in [0.717, 1.165) is 29.2 Å². The van der Waals surface area contributed by atoms with Gasteiger partial charge in [0.1, 0.15) is 0 Å². The van der Waals surface area contributed by atoms with Gasteiger partial charge >= 0.3 is 0 Å². The zero-order valence-corrected chi connectivity index (χ0v) is 13.3. The SMILES string of the molecule is Cc1nc(CCNCc2cccc([N+](=O)[O-])c2Br)cs1. The lowest BCUT2D eigenvalue weighted by Crippen LogP contribution is -2.17. The van der Waals surface area contributed by atoms with Crippen LogP contribution in [0.1, 0.15) is 16.3 Å². The molecule has 0 saturated heterocycles. The molecule has 2 rings (SSSR count). The van der Waals surface area contributed by atoms with E-state index < -0.39 is 0 Å². The molecule has 0 aliphatic rings. The number of benzene rings is 1. The van der Waals surface area contributed by atoms with Crippen LogP contribution in [0.15, 0.2) is 28.1 Å². The Morgan fingerprint density at radius 2 is 2.30 bits per heavy atom. The van der Waals surface area contributed by atoms with Gasteiger partial charge in [0.2, 0.25) is 0 Å². The highest BCUT2D eigenvalue weighted by Gasteiger charge is 2.14. The van der Waals surface area contributed by atoms with Crippen molar-refractivity contribution in [3.05, 3.63) is 54.4 Å². The smallest absolute Gasteiger partial charge is 0.283 e. The van der Waals surface area contributed by atoms with Crippen LogP contribution in [0.25, 0.3) is 0 Å². The third-order valence-corrected chi connectivity index (χ3v) is 4.53. The summed E-state index contributed by atoms with van der Waals surface area (Å²) < 4.78 is 0.544. The van der Waals surface area contributed by atoms with Gasteiger partial charge in [-0.3, -0.25) is 10.1 Å². The quantitative estimate of drug-likeness (QED) is 0.489. The number of hydrogen-bond acceptors (Lipinski definition) is 5. The van der Waals surface area contributed by atoms with E-state index in [9.17, 15) is 10.1 Å². The van der Waals surface area contributed by atoms with Crippen LogP contribution in [0.3, 0.4) is 0 Å². The molecule has 20 heavy (non-hydrogen) atoms. The minimum atomic E-state index is -0.383. The van der Waals surface area contributed by atoms with Gasteiger partial charge in [-0.05, 0) is 28.4 Å². The first-order valence-corrected chi connectivity index (χ1v) is 7.78. The Balaban J connectivity index is 1.88. The predicted octanol–water partition coefficient (Wildman–Crippen LogP) is 3.45. The van der Waals surface area contributed by atoms with Gasteiger partial charge in [0.15, 0.2) is 0 Å². The molecular formula is C13H14BrN3O2S. The molecule has 0 atom stereocenters. The first-order chi connectivity index (χ1) is 9.58. The van der Waals surface area contributed by atoms with Crippen molar-refractivity contribution < 1.29 is 4.92 Å². The van der Waals surface area contributed by atoms with E-state index in [4.69, 9.17) is 0 Å². The summed E-state index contributed by atoms with van der Waals surface area (Å²) in [5.41, 5.74) is 2.06. The monoisotopic (exact) mass is 355 g/mol. The Labute approximate surface area is 129 Å². The number of nitro benzene ring substituents is 1. The first kappa shape index (κ1) is 15.1. The number of rotatable bonds is 6. The molecule has 2 aromatic rings. The second kappa shape index (κ2) is 6.92. The average molecular weight is 356 g/mol. The Morgan fingerprint density at radius 1 is 1.50 bits per heavy atom. The molecule has 1 aromatic carbocycles. The van der Waals surface area contributed by atoms with Crippen LogP contribution in [0.5, 0.6) is 0 Å². The number of nitrogens with one attached hydrogen (secondary N) is 1. The molecule has 0 radical (unpaired) electrons. The zero-order chi connectivity index (χ0) is 14.5. The van der Waals surface area contributed by atoms with Crippen molar-refractivity contribution in [1.29, 1.82) is 0 Å². The van der Waals surface area contributed by atoms with E-state index in [1.54, 1.807) is 17.4 Å². The number of halogens is 1. The number of aryl methyl sites for hydroxylation is 1. The molecule has 0 fully saturated rings. The van der Waals surface area contributed by atoms with E-state index in [1.807, 2.05) is 13.0 Å². The molecule has 5 nitrogen and oxygen atoms in total. The van der Waals surface area contributed by atoms with Crippen molar-refractivity contribution in [2.45, 2.75) is 19.9 Å². The molecule has 0 spiro atoms. The largest absolute Gasteiger partial charge is 0.312 e. The van der Waals surface area contributed by atoms with E-state index in [0.29, 0.717) is 11.0 Å². The topological polar surface area (TPSA) is 68.1 Å². The Bertz CT molecular complexity index is 615. The molecule has 1 aromatic heterocycles. The van der Waals surface area contributed by atoms with Crippen molar-refractivity contribution in [3.8, 4) is 0 Å². The predicted molar refractivity (Wildman–Crippen MR) is 83.1 cm³/mol. The summed E-state index contributed by atoms with van der Waals surface area (Å²) in [6.07, 6.45) is 0.858. The fourth-order valence-corrected chi connectivity index (χ4v) is 3.00. The highest BCUT2D eigenvalue weighted by Crippen LogP contribution is 2.28. The van der Waals surface area contributed by atoms with Gasteiger partial charge in [-0.1, -0.05) is 12.1 Å². The second-order valence-corrected chi connectivity index (χ2v) is 6.15. The lowest BCUT2D eigenvalue weighted by Gasteiger charge is -2.06. The normalized spacial score (nSPS) is 10.7. The molecule has 0 saturated carbocycles. The zero-order valence-electron chi connectivity index (χ0n) is 10.9. The highest BCUT2D eigenvalue weighted by molar-refractivity contribution is 9.10. The van der Waals surface area contributed by atoms with Gasteiger partial charge in [-0.15, -0.1) is 11.3 Å². The van der Waals surface area contributed by atoms with Crippen LogP contribution < -0.4 is 5.32 Å². The average Bonchev–Trinajstić information content (AvgIpc) is 2.82. The van der Waals surface area contributed by atoms with E-state index in [2.05, 4.69) is 31.6 Å². The van der Waals surface area contributed by atoms with Crippen LogP contribution in [-0.2, 0) is 13.0 Å². The minimum Gasteiger partial charge on any atom is -0.312 e. The maximum Gasteiger partial charge on any atom is 0.283 e. The van der Waals surface area contributed by atoms with Crippen LogP contribution in [0.2, 0.25) is 0 Å². The van der Waals surface area contributed by atoms with Crippen molar-refractivity contribution >= 4 is 33.0 Å². The van der Waals surface area contributed by atoms with Crippen LogP contribution >= 0.6 is 27.3 Å². The summed E-state index contributed by atoms with van der Waals surface area (Å²) in [5.74, 6) is 0. The number of nitro groups is 1. The maximum absolute atomic E-state index is 10.8. The number of aromatic nitrogens is 1. The molecule has 1 heterocycles. The molecule has 0 unspecified atom stereocenters. The van der Waals surface area contributed by atoms with Crippen LogP contribution in [-0.4, -0.2) is 16.5 Å². The summed E-state index contributed by atoms with van der Waals surface area (Å²) >= 11 is 4.93. The molecule has 0 bridgehead atoms. The highest BCUT2D eigenvalue weighted by atomic mass is 79.9. The van der Waals surface area contributed by atoms with Gasteiger partial charge in [-0.25, -0.2) is 4.98 Å². The summed E-state index contributed by atoms with van der Waals surface area (Å²) in [6.45, 7) is 3.37. The second-order valence-electron chi connectivity index (χ2n) is 4.29. The van der Waals surface area contributed by atoms with Gasteiger partial charge in [0.05, 0.1) is 20.1 Å². The van der Waals surface area contributed by atoms with E-state index >= 15 is 0 Å². The molecule has 0 amide bonds. The number of thiazole rings is 1. The third kappa shape index (κ3) is 3.84. The van der Waals surface area contributed by atoms with E-state index in [-0.39, 0.29) is 10.6 Å². The van der Waals surface area contributed by atoms with Crippen molar-refractivity contribution in [1.82, 2.24) is 10.3 Å². The van der Waals surface area contributed by atoms with Crippen molar-refractivity contribution in [2.24, 2.45) is 0 Å². The maximum atomic E-state index is 10.8. The van der Waals surface area contributed by atoms with Crippen LogP contribution in [0, 0.1) is 17.0 Å². The molecular weight excluding hydrogens is 342 g/mol. The van der Waals surface area contributed by atoms with Gasteiger partial charge in [-0.2, -0.15) is 0 Å². The lowest BCUT2D eigenvalue weighted by atomic mass is 10.2. The summed E-state index contributed by atoms with van der Waals surface area (Å²) in [5, 5.41) is 17.2. The van der Waals surface area contributed by atoms with Crippen molar-refractivity contribution in [3.63, 3.8) is 0 Å². The summed E-state index contributed by atoms with van der Waals surface area (Å²) in [7, 11) is 0. The van der Waals surface area contributed by atoms with E-state index in [1.165, 1.54) is 6.07 Å². The molecule has 106 valence electrons. The summed E-state index contributed by atoms with van der Waals surface area (Å²) in [4.78, 5) is 14.8. The van der Waals surface area contributed by atoms with Gasteiger partial charge < -0.3 is 5.32 Å². The fourth-order valence-electron chi connectivity index (χ4n) is 1.81. The Morgan fingerprint density at radius 3 is 2.95 bits per heavy atom. The minimum absolute atomic E-state index is 0.0967. The fraction of sp³-hybridized carbons (Fsp3) is 0.308. The number of hydrogen-bond donors (Lipinski definition) is 1. The third-order valence-electron chi connectivity index (χ3n) is 2.79. The number of nitrogens with zero attached hydrogens (tertiary/aromatic N) is 2. The molecule has 7 heteroatoms. The van der Waals surface area contributed by atoms with Gasteiger partial charge in [0, 0.05) is 31.0 Å². The van der Waals surface area contributed by atoms with Gasteiger partial charge in [0.25, 0.3) is 5.69 Å². The molecule has 1 N–H and O–H groups in total. The van der Waals surface area contributed by atoms with Crippen LogP contribution in [0.4, 0.5) is 5.69 Å². The first-order valence-electron chi connectivity index (χ1n) is 6.11. The molecule has 0 aliphatic carbocycles. The summed E-state index contributed by atoms with van der Waals surface area (Å²) in [6, 6.07) is 5.06. The molecule has 0 aliphatic heterocycles. The van der Waals surface area contributed by atoms with Crippen molar-refractivity contribution in [2.75, 3.05) is 6.54 Å². The Hall–Kier alpha value is -1.31. The standard InChI is InChI=1S/C13H14BrN3O2S/c1-9-16-11(8-20-9)5-6-15-7-10-3-2-4-12(13(10)14)17(18)19/h2-4,8,15H,5-7H2,1H3. The lowest BCUT2D eigenvalue weighted by molar-refractivity contribution is -0.385. The Kier molecular flexibility index (Phi) is 5.22.